The Bertz CT molecular complexity index is 620. The van der Waals surface area contributed by atoms with E-state index in [2.05, 4.69) is 10.3 Å². The Labute approximate surface area is 128 Å². The van der Waals surface area contributed by atoms with Crippen LogP contribution in [-0.4, -0.2) is 31.7 Å². The first kappa shape index (κ1) is 15.3. The summed E-state index contributed by atoms with van der Waals surface area (Å²) < 4.78 is 4.99. The van der Waals surface area contributed by atoms with E-state index in [1.165, 1.54) is 11.3 Å². The standard InChI is InChI=1S/C15H19N3O2S/c1-5-20-14(19)13-10(2)21-15(17-13)16-11-6-8-12(9-7-11)18(3)4/h6-9H,5H2,1-4H3,(H,16,17). The van der Waals surface area contributed by atoms with Gasteiger partial charge in [0.15, 0.2) is 10.8 Å². The molecule has 1 heterocycles. The monoisotopic (exact) mass is 305 g/mol. The van der Waals surface area contributed by atoms with Crippen molar-refractivity contribution in [2.75, 3.05) is 30.9 Å². The first-order valence-electron chi connectivity index (χ1n) is 6.70. The fourth-order valence-electron chi connectivity index (χ4n) is 1.81. The molecule has 0 bridgehead atoms. The van der Waals surface area contributed by atoms with Crippen molar-refractivity contribution < 1.29 is 9.53 Å². The molecule has 0 amide bonds. The molecule has 0 saturated heterocycles. The lowest BCUT2D eigenvalue weighted by molar-refractivity contribution is 0.0519. The topological polar surface area (TPSA) is 54.5 Å². The van der Waals surface area contributed by atoms with Crippen LogP contribution in [0.5, 0.6) is 0 Å². The van der Waals surface area contributed by atoms with Crippen LogP contribution < -0.4 is 10.2 Å². The molecule has 0 atom stereocenters. The lowest BCUT2D eigenvalue weighted by atomic mass is 10.2. The van der Waals surface area contributed by atoms with Crippen LogP contribution in [0, 0.1) is 6.92 Å². The van der Waals surface area contributed by atoms with Crippen molar-refractivity contribution in [3.8, 4) is 0 Å². The van der Waals surface area contributed by atoms with Crippen LogP contribution in [0.3, 0.4) is 0 Å². The molecule has 0 unspecified atom stereocenters. The van der Waals surface area contributed by atoms with Gasteiger partial charge in [0.05, 0.1) is 6.61 Å². The number of aryl methyl sites for hydroxylation is 1. The number of thiazole rings is 1. The van der Waals surface area contributed by atoms with Gasteiger partial charge in [0.2, 0.25) is 0 Å². The molecule has 0 spiro atoms. The van der Waals surface area contributed by atoms with Crippen molar-refractivity contribution in [3.63, 3.8) is 0 Å². The molecular weight excluding hydrogens is 286 g/mol. The lowest BCUT2D eigenvalue weighted by Gasteiger charge is -2.12. The van der Waals surface area contributed by atoms with Crippen LogP contribution in [-0.2, 0) is 4.74 Å². The smallest absolute Gasteiger partial charge is 0.358 e. The van der Waals surface area contributed by atoms with Crippen molar-refractivity contribution in [2.45, 2.75) is 13.8 Å². The number of carbonyl (C=O) groups is 1. The van der Waals surface area contributed by atoms with Gasteiger partial charge >= 0.3 is 5.97 Å². The fourth-order valence-corrected chi connectivity index (χ4v) is 2.63. The molecule has 0 saturated carbocycles. The van der Waals surface area contributed by atoms with Crippen molar-refractivity contribution in [1.29, 1.82) is 0 Å². The first-order valence-corrected chi connectivity index (χ1v) is 7.52. The van der Waals surface area contributed by atoms with Crippen molar-refractivity contribution in [2.24, 2.45) is 0 Å². The van der Waals surface area contributed by atoms with Gasteiger partial charge in [-0.2, -0.15) is 0 Å². The SMILES string of the molecule is CCOC(=O)c1nc(Nc2ccc(N(C)C)cc2)sc1C. The number of benzene rings is 1. The van der Waals surface area contributed by atoms with Gasteiger partial charge in [-0.3, -0.25) is 0 Å². The van der Waals surface area contributed by atoms with Crippen molar-refractivity contribution in [3.05, 3.63) is 34.8 Å². The lowest BCUT2D eigenvalue weighted by Crippen LogP contribution is -2.08. The summed E-state index contributed by atoms with van der Waals surface area (Å²) in [4.78, 5) is 18.9. The molecule has 6 heteroatoms. The van der Waals surface area contributed by atoms with Crippen LogP contribution in [0.25, 0.3) is 0 Å². The molecule has 1 N–H and O–H groups in total. The van der Waals surface area contributed by atoms with E-state index in [4.69, 9.17) is 4.74 Å². The summed E-state index contributed by atoms with van der Waals surface area (Å²) in [5.41, 5.74) is 2.45. The summed E-state index contributed by atoms with van der Waals surface area (Å²) in [6.45, 7) is 4.00. The number of anilines is 3. The van der Waals surface area contributed by atoms with E-state index in [1.54, 1.807) is 6.92 Å². The Balaban J connectivity index is 2.13. The number of hydrogen-bond acceptors (Lipinski definition) is 6. The van der Waals surface area contributed by atoms with E-state index < -0.39 is 0 Å². The Kier molecular flexibility index (Phi) is 4.80. The minimum atomic E-state index is -0.373. The average Bonchev–Trinajstić information content (AvgIpc) is 2.80. The number of carbonyl (C=O) groups excluding carboxylic acids is 1. The van der Waals surface area contributed by atoms with E-state index in [1.807, 2.05) is 50.2 Å². The molecular formula is C15H19N3O2S. The van der Waals surface area contributed by atoms with Gasteiger partial charge in [0, 0.05) is 30.3 Å². The second-order valence-corrected chi connectivity index (χ2v) is 5.91. The van der Waals surface area contributed by atoms with Crippen LogP contribution in [0.2, 0.25) is 0 Å². The number of nitrogens with one attached hydrogen (secondary N) is 1. The highest BCUT2D eigenvalue weighted by molar-refractivity contribution is 7.15. The van der Waals surface area contributed by atoms with Gasteiger partial charge in [0.25, 0.3) is 0 Å². The van der Waals surface area contributed by atoms with Crippen LogP contribution in [0.15, 0.2) is 24.3 Å². The molecule has 5 nitrogen and oxygen atoms in total. The number of esters is 1. The molecule has 2 rings (SSSR count). The summed E-state index contributed by atoms with van der Waals surface area (Å²) >= 11 is 1.44. The normalized spacial score (nSPS) is 10.3. The van der Waals surface area contributed by atoms with Gasteiger partial charge in [-0.25, -0.2) is 9.78 Å². The van der Waals surface area contributed by atoms with Gasteiger partial charge in [0.1, 0.15) is 0 Å². The summed E-state index contributed by atoms with van der Waals surface area (Å²) in [7, 11) is 4.00. The number of rotatable bonds is 5. The fraction of sp³-hybridized carbons (Fsp3) is 0.333. The third-order valence-corrected chi connectivity index (χ3v) is 3.79. The number of aromatic nitrogens is 1. The van der Waals surface area contributed by atoms with E-state index in [9.17, 15) is 4.79 Å². The minimum Gasteiger partial charge on any atom is -0.461 e. The highest BCUT2D eigenvalue weighted by Crippen LogP contribution is 2.26. The van der Waals surface area contributed by atoms with Crippen LogP contribution in [0.4, 0.5) is 16.5 Å². The van der Waals surface area contributed by atoms with E-state index >= 15 is 0 Å². The Hall–Kier alpha value is -2.08. The predicted molar refractivity (Wildman–Crippen MR) is 86.9 cm³/mol. The Morgan fingerprint density at radius 1 is 1.33 bits per heavy atom. The first-order chi connectivity index (χ1) is 10.0. The number of nitrogens with zero attached hydrogens (tertiary/aromatic N) is 2. The number of hydrogen-bond donors (Lipinski definition) is 1. The molecule has 2 aromatic rings. The van der Waals surface area contributed by atoms with Gasteiger partial charge in [-0.15, -0.1) is 11.3 Å². The zero-order valence-corrected chi connectivity index (χ0v) is 13.5. The molecule has 21 heavy (non-hydrogen) atoms. The molecule has 1 aromatic heterocycles. The molecule has 0 radical (unpaired) electrons. The summed E-state index contributed by atoms with van der Waals surface area (Å²) in [5.74, 6) is -0.373. The minimum absolute atomic E-state index is 0.352. The van der Waals surface area contributed by atoms with Crippen molar-refractivity contribution in [1.82, 2.24) is 4.98 Å². The maximum atomic E-state index is 11.7. The second kappa shape index (κ2) is 6.58. The molecule has 0 aliphatic heterocycles. The zero-order chi connectivity index (χ0) is 15.4. The average molecular weight is 305 g/mol. The van der Waals surface area contributed by atoms with Crippen LogP contribution in [0.1, 0.15) is 22.3 Å². The Morgan fingerprint density at radius 3 is 2.57 bits per heavy atom. The van der Waals surface area contributed by atoms with Crippen molar-refractivity contribution >= 4 is 33.8 Å². The third kappa shape index (κ3) is 3.72. The maximum absolute atomic E-state index is 11.7. The summed E-state index contributed by atoms with van der Waals surface area (Å²) in [6.07, 6.45) is 0. The quantitative estimate of drug-likeness (QED) is 0.858. The second-order valence-electron chi connectivity index (χ2n) is 4.71. The zero-order valence-electron chi connectivity index (χ0n) is 12.6. The van der Waals surface area contributed by atoms with Crippen LogP contribution >= 0.6 is 11.3 Å². The molecule has 1 aromatic carbocycles. The summed E-state index contributed by atoms with van der Waals surface area (Å²) in [6, 6.07) is 8.01. The molecule has 112 valence electrons. The largest absolute Gasteiger partial charge is 0.461 e. The molecule has 0 aliphatic carbocycles. The highest BCUT2D eigenvalue weighted by Gasteiger charge is 2.16. The van der Waals surface area contributed by atoms with E-state index in [0.29, 0.717) is 17.4 Å². The van der Waals surface area contributed by atoms with Gasteiger partial charge in [-0.1, -0.05) is 0 Å². The van der Waals surface area contributed by atoms with Gasteiger partial charge < -0.3 is 15.0 Å². The third-order valence-electron chi connectivity index (χ3n) is 2.90. The highest BCUT2D eigenvalue weighted by atomic mass is 32.1. The molecule has 0 aliphatic rings. The Morgan fingerprint density at radius 2 is 2.00 bits per heavy atom. The number of ether oxygens (including phenoxy) is 1. The van der Waals surface area contributed by atoms with E-state index in [0.717, 1.165) is 16.3 Å². The molecule has 0 fully saturated rings. The van der Waals surface area contributed by atoms with Gasteiger partial charge in [-0.05, 0) is 38.1 Å². The summed E-state index contributed by atoms with van der Waals surface area (Å²) in [5, 5.41) is 3.90. The maximum Gasteiger partial charge on any atom is 0.358 e. The van der Waals surface area contributed by atoms with E-state index in [-0.39, 0.29) is 5.97 Å². The predicted octanol–water partition coefficient (Wildman–Crippen LogP) is 3.44.